The smallest absolute Gasteiger partial charge is 0.251 e. The van der Waals surface area contributed by atoms with E-state index in [1.54, 1.807) is 42.2 Å². The van der Waals surface area contributed by atoms with Crippen LogP contribution >= 0.6 is 0 Å². The molecular weight excluding hydrogens is 408 g/mol. The Hall–Kier alpha value is -3.24. The van der Waals surface area contributed by atoms with Gasteiger partial charge in [0.25, 0.3) is 5.95 Å². The first-order valence-corrected chi connectivity index (χ1v) is 10.5. The van der Waals surface area contributed by atoms with Gasteiger partial charge in [0.05, 0.1) is 41.0 Å². The van der Waals surface area contributed by atoms with Crippen molar-refractivity contribution in [2.45, 2.75) is 37.7 Å². The minimum Gasteiger partial charge on any atom is -0.393 e. The van der Waals surface area contributed by atoms with E-state index in [4.69, 9.17) is 5.73 Å². The second-order valence-corrected chi connectivity index (χ2v) is 8.34. The Bertz CT molecular complexity index is 1280. The van der Waals surface area contributed by atoms with Gasteiger partial charge in [0.1, 0.15) is 0 Å². The molecule has 1 saturated carbocycles. The van der Waals surface area contributed by atoms with Gasteiger partial charge in [-0.25, -0.2) is 15.0 Å². The van der Waals surface area contributed by atoms with Crippen LogP contribution in [0.5, 0.6) is 0 Å². The SMILES string of the molecule is CC(O)c1ccnc(-n2ncc3ccc(-c4cccc([C@@](N)(O)C5CC(O)C5)n4)cc32)n1. The molecule has 1 aliphatic rings. The highest BCUT2D eigenvalue weighted by atomic mass is 16.3. The van der Waals surface area contributed by atoms with E-state index in [9.17, 15) is 15.3 Å². The van der Waals surface area contributed by atoms with Crippen LogP contribution < -0.4 is 5.73 Å². The topological polar surface area (TPSA) is 143 Å². The quantitative estimate of drug-likeness (QED) is 0.350. The van der Waals surface area contributed by atoms with Gasteiger partial charge in [-0.15, -0.1) is 0 Å². The second kappa shape index (κ2) is 7.72. The van der Waals surface area contributed by atoms with Crippen molar-refractivity contribution >= 4 is 10.9 Å². The third-order valence-corrected chi connectivity index (χ3v) is 6.04. The molecule has 1 aromatic carbocycles. The molecule has 3 aromatic heterocycles. The largest absolute Gasteiger partial charge is 0.393 e. The highest BCUT2D eigenvalue weighted by molar-refractivity contribution is 5.84. The van der Waals surface area contributed by atoms with Gasteiger partial charge in [-0.3, -0.25) is 5.73 Å². The predicted octanol–water partition coefficient (Wildman–Crippen LogP) is 1.81. The zero-order valence-corrected chi connectivity index (χ0v) is 17.5. The molecule has 0 aliphatic heterocycles. The fraction of sp³-hybridized carbons (Fsp3) is 0.304. The summed E-state index contributed by atoms with van der Waals surface area (Å²) in [4.78, 5) is 13.3. The van der Waals surface area contributed by atoms with E-state index in [0.29, 0.717) is 35.9 Å². The van der Waals surface area contributed by atoms with Gasteiger partial charge in [-0.2, -0.15) is 9.78 Å². The highest BCUT2D eigenvalue weighted by Crippen LogP contribution is 2.39. The molecule has 164 valence electrons. The number of aromatic nitrogens is 5. The summed E-state index contributed by atoms with van der Waals surface area (Å²) in [7, 11) is 0. The van der Waals surface area contributed by atoms with Crippen LogP contribution in [0.2, 0.25) is 0 Å². The van der Waals surface area contributed by atoms with E-state index in [1.165, 1.54) is 0 Å². The van der Waals surface area contributed by atoms with Crippen molar-refractivity contribution in [2.24, 2.45) is 11.7 Å². The average molecular weight is 432 g/mol. The average Bonchev–Trinajstić information content (AvgIpc) is 3.20. The van der Waals surface area contributed by atoms with Crippen LogP contribution in [0.1, 0.15) is 37.3 Å². The number of hydrogen-bond acceptors (Lipinski definition) is 8. The third kappa shape index (κ3) is 3.55. The van der Waals surface area contributed by atoms with Crippen LogP contribution in [0.4, 0.5) is 0 Å². The summed E-state index contributed by atoms with van der Waals surface area (Å²) < 4.78 is 1.61. The number of nitrogens with two attached hydrogens (primary N) is 1. The van der Waals surface area contributed by atoms with Crippen LogP contribution in [0.25, 0.3) is 28.1 Å². The molecule has 32 heavy (non-hydrogen) atoms. The molecule has 5 N–H and O–H groups in total. The molecule has 0 spiro atoms. The van der Waals surface area contributed by atoms with E-state index < -0.39 is 17.9 Å². The molecule has 4 aromatic rings. The van der Waals surface area contributed by atoms with Crippen molar-refractivity contribution in [3.05, 3.63) is 66.2 Å². The third-order valence-electron chi connectivity index (χ3n) is 6.04. The van der Waals surface area contributed by atoms with Crippen molar-refractivity contribution in [1.82, 2.24) is 24.7 Å². The number of fused-ring (bicyclic) bond motifs is 1. The molecule has 9 nitrogen and oxygen atoms in total. The minimum absolute atomic E-state index is 0.234. The lowest BCUT2D eigenvalue weighted by atomic mass is 9.74. The van der Waals surface area contributed by atoms with Crippen LogP contribution in [0.15, 0.2) is 54.9 Å². The molecule has 1 unspecified atom stereocenters. The maximum Gasteiger partial charge on any atom is 0.251 e. The molecule has 9 heteroatoms. The van der Waals surface area contributed by atoms with Crippen molar-refractivity contribution in [3.8, 4) is 17.2 Å². The molecule has 0 radical (unpaired) electrons. The van der Waals surface area contributed by atoms with Gasteiger partial charge < -0.3 is 15.3 Å². The summed E-state index contributed by atoms with van der Waals surface area (Å²) in [5, 5.41) is 35.6. The summed E-state index contributed by atoms with van der Waals surface area (Å²) in [6.45, 7) is 1.65. The van der Waals surface area contributed by atoms with Crippen molar-refractivity contribution < 1.29 is 15.3 Å². The second-order valence-electron chi connectivity index (χ2n) is 8.34. The maximum absolute atomic E-state index is 10.9. The summed E-state index contributed by atoms with van der Waals surface area (Å²) in [5.74, 6) is 0.125. The van der Waals surface area contributed by atoms with Gasteiger partial charge in [-0.1, -0.05) is 18.2 Å². The van der Waals surface area contributed by atoms with E-state index in [-0.39, 0.29) is 5.92 Å². The lowest BCUT2D eigenvalue weighted by Crippen LogP contribution is -2.51. The Balaban J connectivity index is 1.54. The standard InChI is InChI=1S/C23H24N6O3/c1-13(30)18-7-8-25-22(28-18)29-20-9-14(5-6-15(20)12-26-29)19-3-2-4-21(27-19)23(24,32)16-10-17(31)11-16/h2-9,12-13,16-17,30-32H,10-11,24H2,1H3/t13?,16?,17?,23-/m0/s1. The Kier molecular flexibility index (Phi) is 4.98. The molecule has 0 saturated heterocycles. The summed E-state index contributed by atoms with van der Waals surface area (Å²) in [6.07, 6.45) is 3.09. The number of hydrogen-bond donors (Lipinski definition) is 4. The monoisotopic (exact) mass is 432 g/mol. The van der Waals surface area contributed by atoms with Crippen molar-refractivity contribution in [1.29, 1.82) is 0 Å². The zero-order valence-electron chi connectivity index (χ0n) is 17.5. The molecule has 1 aliphatic carbocycles. The predicted molar refractivity (Wildman–Crippen MR) is 117 cm³/mol. The van der Waals surface area contributed by atoms with Crippen molar-refractivity contribution in [3.63, 3.8) is 0 Å². The first-order chi connectivity index (χ1) is 15.3. The number of pyridine rings is 1. The number of nitrogens with zero attached hydrogens (tertiary/aromatic N) is 5. The molecule has 1 fully saturated rings. The minimum atomic E-state index is -1.60. The number of aliphatic hydroxyl groups is 3. The Labute approximate surface area is 184 Å². The van der Waals surface area contributed by atoms with Crippen LogP contribution in [-0.4, -0.2) is 46.2 Å². The molecule has 3 heterocycles. The fourth-order valence-corrected chi connectivity index (χ4v) is 4.01. The number of benzene rings is 1. The van der Waals surface area contributed by atoms with Gasteiger partial charge in [0.15, 0.2) is 5.72 Å². The van der Waals surface area contributed by atoms with E-state index in [0.717, 1.165) is 16.5 Å². The van der Waals surface area contributed by atoms with E-state index in [2.05, 4.69) is 20.1 Å². The Morgan fingerprint density at radius 3 is 2.72 bits per heavy atom. The van der Waals surface area contributed by atoms with Gasteiger partial charge >= 0.3 is 0 Å². The number of aliphatic hydroxyl groups excluding tert-OH is 2. The fourth-order valence-electron chi connectivity index (χ4n) is 4.01. The Morgan fingerprint density at radius 2 is 1.97 bits per heavy atom. The van der Waals surface area contributed by atoms with Crippen LogP contribution in [0.3, 0.4) is 0 Å². The first-order valence-electron chi connectivity index (χ1n) is 10.5. The summed E-state index contributed by atoms with van der Waals surface area (Å²) in [5.41, 5.74) is 7.72. The van der Waals surface area contributed by atoms with Gasteiger partial charge in [0, 0.05) is 23.1 Å². The normalized spacial score (nSPS) is 21.2. The van der Waals surface area contributed by atoms with Gasteiger partial charge in [0.2, 0.25) is 0 Å². The zero-order chi connectivity index (χ0) is 22.5. The molecule has 0 amide bonds. The lowest BCUT2D eigenvalue weighted by molar-refractivity contribution is -0.102. The molecule has 5 rings (SSSR count). The van der Waals surface area contributed by atoms with E-state index >= 15 is 0 Å². The lowest BCUT2D eigenvalue weighted by Gasteiger charge is -2.41. The van der Waals surface area contributed by atoms with Crippen LogP contribution in [-0.2, 0) is 5.72 Å². The molecule has 0 bridgehead atoms. The Morgan fingerprint density at radius 1 is 1.16 bits per heavy atom. The maximum atomic E-state index is 10.9. The molecule has 2 atom stereocenters. The van der Waals surface area contributed by atoms with Crippen molar-refractivity contribution in [2.75, 3.05) is 0 Å². The summed E-state index contributed by atoms with van der Waals surface area (Å²) >= 11 is 0. The molecular formula is C23H24N6O3. The first kappa shape index (κ1) is 20.7. The van der Waals surface area contributed by atoms with Crippen LogP contribution in [0, 0.1) is 5.92 Å². The summed E-state index contributed by atoms with van der Waals surface area (Å²) in [6, 6.07) is 12.8. The number of rotatable bonds is 5. The van der Waals surface area contributed by atoms with E-state index in [1.807, 2.05) is 24.3 Å². The van der Waals surface area contributed by atoms with Gasteiger partial charge in [-0.05, 0) is 44.0 Å². The highest BCUT2D eigenvalue weighted by Gasteiger charge is 2.43.